The number of carbonyl (C=O) groups excluding carboxylic acids is 1. The first kappa shape index (κ1) is 26.9. The number of cyclic esters (lactones) is 1. The van der Waals surface area contributed by atoms with Gasteiger partial charge < -0.3 is 34.3 Å². The first-order valence-electron chi connectivity index (χ1n) is 14.5. The average Bonchev–Trinajstić information content (AvgIpc) is 3.45. The molecule has 0 spiro atoms. The number of aliphatic hydroxyl groups excluding tert-OH is 2. The molecule has 0 radical (unpaired) electrons. The molecule has 6 rings (SSSR count). The van der Waals surface area contributed by atoms with Crippen molar-refractivity contribution >= 4 is 5.97 Å². The molecule has 8 heteroatoms. The van der Waals surface area contributed by atoms with Crippen molar-refractivity contribution in [2.45, 2.75) is 108 Å². The Hall–Kier alpha value is -1.29. The van der Waals surface area contributed by atoms with Gasteiger partial charge in [0.1, 0.15) is 24.9 Å². The molecule has 0 bridgehead atoms. The van der Waals surface area contributed by atoms with Crippen LogP contribution in [0, 0.1) is 35.0 Å². The molecule has 4 saturated carbocycles. The summed E-state index contributed by atoms with van der Waals surface area (Å²) in [5.74, 6) is 1.08. The molecule has 3 N–H and O–H groups in total. The maximum absolute atomic E-state index is 12.1. The molecule has 38 heavy (non-hydrogen) atoms. The molecule has 2 aliphatic heterocycles. The molecule has 13 unspecified atom stereocenters. The summed E-state index contributed by atoms with van der Waals surface area (Å²) in [6, 6.07) is 0. The van der Waals surface area contributed by atoms with Gasteiger partial charge >= 0.3 is 5.97 Å². The first-order valence-corrected chi connectivity index (χ1v) is 14.5. The number of hydrogen-bond acceptors (Lipinski definition) is 8. The molecule has 0 aromatic carbocycles. The van der Waals surface area contributed by atoms with Crippen molar-refractivity contribution in [3.8, 4) is 0 Å². The van der Waals surface area contributed by atoms with E-state index in [0.717, 1.165) is 62.5 Å². The van der Waals surface area contributed by atoms with Crippen molar-refractivity contribution in [1.29, 1.82) is 0 Å². The molecule has 0 amide bonds. The van der Waals surface area contributed by atoms with Crippen LogP contribution in [0.15, 0.2) is 23.8 Å². The van der Waals surface area contributed by atoms with Crippen LogP contribution in [0.3, 0.4) is 0 Å². The minimum Gasteiger partial charge on any atom is -0.458 e. The maximum Gasteiger partial charge on any atom is 0.331 e. The lowest BCUT2D eigenvalue weighted by Crippen LogP contribution is -2.59. The molecular formula is C30H44O8. The molecular weight excluding hydrogens is 488 g/mol. The molecule has 2 heterocycles. The summed E-state index contributed by atoms with van der Waals surface area (Å²) >= 11 is 0. The third kappa shape index (κ3) is 4.05. The molecule has 0 aromatic heterocycles. The summed E-state index contributed by atoms with van der Waals surface area (Å²) in [5, 5.41) is 33.2. The Morgan fingerprint density at radius 2 is 1.87 bits per heavy atom. The van der Waals surface area contributed by atoms with Crippen LogP contribution in [0.5, 0.6) is 0 Å². The van der Waals surface area contributed by atoms with Crippen LogP contribution in [-0.4, -0.2) is 77.4 Å². The number of fused-ring (bicyclic) bond motifs is 5. The quantitative estimate of drug-likeness (QED) is 0.288. The Morgan fingerprint density at radius 3 is 2.58 bits per heavy atom. The van der Waals surface area contributed by atoms with Crippen LogP contribution < -0.4 is 0 Å². The number of esters is 1. The highest BCUT2D eigenvalue weighted by Gasteiger charge is 2.64. The van der Waals surface area contributed by atoms with Crippen LogP contribution in [-0.2, 0) is 23.7 Å². The van der Waals surface area contributed by atoms with Gasteiger partial charge in [-0.15, -0.1) is 0 Å². The van der Waals surface area contributed by atoms with E-state index in [-0.39, 0.29) is 35.2 Å². The van der Waals surface area contributed by atoms with Gasteiger partial charge in [-0.3, -0.25) is 0 Å². The van der Waals surface area contributed by atoms with Gasteiger partial charge in [0.15, 0.2) is 6.29 Å². The summed E-state index contributed by atoms with van der Waals surface area (Å²) in [6.07, 6.45) is 4.98. The van der Waals surface area contributed by atoms with Crippen LogP contribution >= 0.6 is 0 Å². The predicted octanol–water partition coefficient (Wildman–Crippen LogP) is 2.89. The highest BCUT2D eigenvalue weighted by Crippen LogP contribution is 2.67. The van der Waals surface area contributed by atoms with Gasteiger partial charge in [0, 0.05) is 25.0 Å². The maximum atomic E-state index is 12.1. The minimum absolute atomic E-state index is 0.0258. The van der Waals surface area contributed by atoms with Gasteiger partial charge in [0.2, 0.25) is 0 Å². The lowest BCUT2D eigenvalue weighted by molar-refractivity contribution is -0.312. The van der Waals surface area contributed by atoms with Crippen LogP contribution in [0.2, 0.25) is 0 Å². The molecule has 6 aliphatic rings. The molecule has 4 aliphatic carbocycles. The number of ether oxygens (including phenoxy) is 4. The zero-order chi connectivity index (χ0) is 27.0. The Balaban J connectivity index is 1.15. The van der Waals surface area contributed by atoms with E-state index in [1.165, 1.54) is 7.11 Å². The fraction of sp³-hybridized carbons (Fsp3) is 0.833. The van der Waals surface area contributed by atoms with Crippen LogP contribution in [0.1, 0.15) is 65.2 Å². The van der Waals surface area contributed by atoms with Crippen molar-refractivity contribution in [2.75, 3.05) is 13.7 Å². The largest absolute Gasteiger partial charge is 0.458 e. The second-order valence-electron chi connectivity index (χ2n) is 13.2. The van der Waals surface area contributed by atoms with Crippen LogP contribution in [0.4, 0.5) is 0 Å². The van der Waals surface area contributed by atoms with E-state index in [0.29, 0.717) is 18.4 Å². The number of hydrogen-bond donors (Lipinski definition) is 3. The molecule has 5 fully saturated rings. The topological polar surface area (TPSA) is 115 Å². The zero-order valence-electron chi connectivity index (χ0n) is 22.9. The standard InChI is InChI=1S/C30H44O8/c1-15-20(17-11-24(31)36-14-17)8-10-30(34)21-6-5-18-12-19(7-9-29(18,3)23(21)13-22(15)30)38-28-26(33)27(35-4)25(32)16(2)37-28/h11,16,18-23,25-28,32-34H,1,5-10,12-14H2,2-4H3. The molecule has 8 nitrogen and oxygen atoms in total. The second kappa shape index (κ2) is 9.67. The number of carbonyl (C=O) groups is 1. The van der Waals surface area contributed by atoms with Gasteiger partial charge in [0.25, 0.3) is 0 Å². The van der Waals surface area contributed by atoms with Gasteiger partial charge in [-0.2, -0.15) is 0 Å². The monoisotopic (exact) mass is 532 g/mol. The Kier molecular flexibility index (Phi) is 6.85. The van der Waals surface area contributed by atoms with Crippen molar-refractivity contribution in [2.24, 2.45) is 35.0 Å². The van der Waals surface area contributed by atoms with Crippen LogP contribution in [0.25, 0.3) is 0 Å². The van der Waals surface area contributed by atoms with E-state index in [1.807, 2.05) is 0 Å². The van der Waals surface area contributed by atoms with Crippen molar-refractivity contribution < 1.29 is 39.1 Å². The second-order valence-corrected chi connectivity index (χ2v) is 13.2. The SMILES string of the molecule is C=C1C(C2=CC(=O)OC2)CCC2(O)C1CC1C2CCC2CC(OC3OC(C)C(O)C(OC)C3O)CCC21C. The predicted molar refractivity (Wildman–Crippen MR) is 138 cm³/mol. The fourth-order valence-electron chi connectivity index (χ4n) is 9.46. The van der Waals surface area contributed by atoms with Crippen molar-refractivity contribution in [1.82, 2.24) is 0 Å². The molecule has 13 atom stereocenters. The summed E-state index contributed by atoms with van der Waals surface area (Å²) in [4.78, 5) is 11.7. The summed E-state index contributed by atoms with van der Waals surface area (Å²) in [7, 11) is 1.48. The van der Waals surface area contributed by atoms with E-state index in [2.05, 4.69) is 13.5 Å². The lowest BCUT2D eigenvalue weighted by Gasteiger charge is -2.55. The third-order valence-electron chi connectivity index (χ3n) is 11.6. The smallest absolute Gasteiger partial charge is 0.331 e. The fourth-order valence-corrected chi connectivity index (χ4v) is 9.46. The summed E-state index contributed by atoms with van der Waals surface area (Å²) in [5.41, 5.74) is 1.50. The zero-order valence-corrected chi connectivity index (χ0v) is 22.9. The Bertz CT molecular complexity index is 995. The van der Waals surface area contributed by atoms with Gasteiger partial charge in [-0.1, -0.05) is 19.1 Å². The minimum atomic E-state index is -1.04. The van der Waals surface area contributed by atoms with Crippen molar-refractivity contribution in [3.63, 3.8) is 0 Å². The van der Waals surface area contributed by atoms with Gasteiger partial charge in [-0.05, 0) is 87.0 Å². The Labute approximate surface area is 225 Å². The molecule has 212 valence electrons. The van der Waals surface area contributed by atoms with Gasteiger partial charge in [0.05, 0.1) is 17.8 Å². The van der Waals surface area contributed by atoms with Gasteiger partial charge in [-0.25, -0.2) is 4.79 Å². The van der Waals surface area contributed by atoms with E-state index < -0.39 is 36.3 Å². The van der Waals surface area contributed by atoms with E-state index in [9.17, 15) is 20.1 Å². The average molecular weight is 533 g/mol. The first-order chi connectivity index (χ1) is 18.1. The molecule has 1 saturated heterocycles. The molecule has 0 aromatic rings. The van der Waals surface area contributed by atoms with E-state index in [4.69, 9.17) is 18.9 Å². The van der Waals surface area contributed by atoms with Crippen molar-refractivity contribution in [3.05, 3.63) is 23.8 Å². The number of methoxy groups -OCH3 is 1. The highest BCUT2D eigenvalue weighted by atomic mass is 16.7. The normalized spacial score (nSPS) is 52.6. The lowest BCUT2D eigenvalue weighted by atomic mass is 9.51. The van der Waals surface area contributed by atoms with E-state index in [1.54, 1.807) is 13.0 Å². The summed E-state index contributed by atoms with van der Waals surface area (Å²) < 4.78 is 22.7. The summed E-state index contributed by atoms with van der Waals surface area (Å²) in [6.45, 7) is 9.04. The van der Waals surface area contributed by atoms with E-state index >= 15 is 0 Å². The third-order valence-corrected chi connectivity index (χ3v) is 11.6. The number of aliphatic hydroxyl groups is 3. The Morgan fingerprint density at radius 1 is 1.08 bits per heavy atom. The number of rotatable bonds is 4. The highest BCUT2D eigenvalue weighted by molar-refractivity contribution is 5.85.